The van der Waals surface area contributed by atoms with Crippen LogP contribution in [0.1, 0.15) is 66.8 Å². The van der Waals surface area contributed by atoms with Crippen molar-refractivity contribution in [1.29, 1.82) is 0 Å². The summed E-state index contributed by atoms with van der Waals surface area (Å²) in [5.41, 5.74) is 0.967. The van der Waals surface area contributed by atoms with E-state index >= 15 is 0 Å². The quantitative estimate of drug-likeness (QED) is 0.369. The van der Waals surface area contributed by atoms with Gasteiger partial charge in [0.25, 0.3) is 0 Å². The van der Waals surface area contributed by atoms with Gasteiger partial charge in [-0.25, -0.2) is 15.0 Å². The maximum atomic E-state index is 5.90. The van der Waals surface area contributed by atoms with Crippen LogP contribution in [-0.4, -0.2) is 41.1 Å². The third-order valence-electron chi connectivity index (χ3n) is 6.10. The molecular formula is C21H31Cl3FeN3O2. The second-order valence-corrected chi connectivity index (χ2v) is 9.87. The molecule has 9 heteroatoms. The van der Waals surface area contributed by atoms with Crippen molar-refractivity contribution in [1.82, 2.24) is 4.98 Å². The molecule has 2 atom stereocenters. The summed E-state index contributed by atoms with van der Waals surface area (Å²) in [6, 6.07) is 5.80. The minimum absolute atomic E-state index is 0. The van der Waals surface area contributed by atoms with Crippen LogP contribution in [0, 0.1) is 10.8 Å². The Labute approximate surface area is 210 Å². The van der Waals surface area contributed by atoms with E-state index in [1.54, 1.807) is 0 Å². The molecule has 2 aliphatic rings. The molecule has 1 aromatic rings. The van der Waals surface area contributed by atoms with Gasteiger partial charge in [0, 0.05) is 0 Å². The van der Waals surface area contributed by atoms with E-state index in [2.05, 4.69) is 55.4 Å². The molecule has 0 saturated heterocycles. The van der Waals surface area contributed by atoms with Crippen LogP contribution in [-0.2, 0) is 26.5 Å². The summed E-state index contributed by atoms with van der Waals surface area (Å²) < 4.78 is 11.8. The average molecular weight is 520 g/mol. The van der Waals surface area contributed by atoms with Crippen LogP contribution in [0.25, 0.3) is 0 Å². The first-order chi connectivity index (χ1) is 11.8. The van der Waals surface area contributed by atoms with E-state index in [0.29, 0.717) is 25.0 Å². The minimum Gasteiger partial charge on any atom is -1.00 e. The Morgan fingerprint density at radius 2 is 1.07 bits per heavy atom. The Bertz CT molecular complexity index is 729. The molecular weight excluding hydrogens is 488 g/mol. The predicted molar refractivity (Wildman–Crippen MR) is 105 cm³/mol. The molecule has 2 unspecified atom stereocenters. The number of hydrogen-bond donors (Lipinski definition) is 0. The second-order valence-electron chi connectivity index (χ2n) is 9.87. The summed E-state index contributed by atoms with van der Waals surface area (Å²) in [5, 5.41) is 0. The summed E-state index contributed by atoms with van der Waals surface area (Å²) >= 11 is 0. The Morgan fingerprint density at radius 1 is 0.733 bits per heavy atom. The number of hydrogen-bond acceptors (Lipinski definition) is 5. The molecule has 0 N–H and O–H groups in total. The number of aromatic nitrogens is 1. The van der Waals surface area contributed by atoms with Crippen LogP contribution in [0.3, 0.4) is 0 Å². The number of ether oxygens (including phenoxy) is 2. The Morgan fingerprint density at radius 3 is 1.33 bits per heavy atom. The van der Waals surface area contributed by atoms with Gasteiger partial charge in [0.1, 0.15) is 35.7 Å². The van der Waals surface area contributed by atoms with Crippen molar-refractivity contribution in [2.75, 3.05) is 13.2 Å². The van der Waals surface area contributed by atoms with Crippen molar-refractivity contribution < 1.29 is 63.8 Å². The summed E-state index contributed by atoms with van der Waals surface area (Å²) in [4.78, 5) is 14.4. The van der Waals surface area contributed by atoms with Crippen molar-refractivity contribution in [3.63, 3.8) is 0 Å². The van der Waals surface area contributed by atoms with Crippen molar-refractivity contribution in [2.45, 2.75) is 66.5 Å². The topological polar surface area (TPSA) is 56.1 Å². The van der Waals surface area contributed by atoms with Gasteiger partial charge in [0.05, 0.1) is 0 Å². The zero-order chi connectivity index (χ0) is 19.4. The number of pyridine rings is 1. The largest absolute Gasteiger partial charge is 3.00 e. The number of nitrogens with zero attached hydrogens (tertiary/aromatic N) is 3. The molecule has 3 heterocycles. The molecule has 0 fully saturated rings. The Balaban J connectivity index is 0. The van der Waals surface area contributed by atoms with Crippen molar-refractivity contribution in [3.05, 3.63) is 29.6 Å². The molecule has 2 aliphatic heterocycles. The maximum Gasteiger partial charge on any atom is 3.00 e. The molecule has 0 bridgehead atoms. The standard InChI is InChI=1S/C21H31N3O2.3ClH.Fe/c1-18(2,3)20(7)12-25-16(23-20)14-10-9-11-15(22-14)17-24-21(8,13-26-17)19(4,5)6;;;;/h9-11H,12-13H2,1-8H3;3*1H;/q;;;;+3/p-3. The monoisotopic (exact) mass is 518 g/mol. The SMILES string of the molecule is CC(C)(C)C1(C)COC(c2cccc(C3=NC(C)(C(C)(C)C)CO3)n2)=N1.[Cl-].[Cl-].[Cl-].[Fe+3]. The summed E-state index contributed by atoms with van der Waals surface area (Å²) in [6.07, 6.45) is 0. The van der Waals surface area contributed by atoms with Crippen LogP contribution >= 0.6 is 0 Å². The molecule has 1 aromatic heterocycles. The van der Waals surface area contributed by atoms with Gasteiger partial charge in [-0.05, 0) is 36.8 Å². The predicted octanol–water partition coefficient (Wildman–Crippen LogP) is -4.75. The maximum absolute atomic E-state index is 5.90. The van der Waals surface area contributed by atoms with Gasteiger partial charge >= 0.3 is 17.1 Å². The molecule has 0 aliphatic carbocycles. The third-order valence-corrected chi connectivity index (χ3v) is 6.10. The van der Waals surface area contributed by atoms with E-state index in [1.807, 2.05) is 18.2 Å². The number of halogens is 3. The third kappa shape index (κ3) is 5.83. The summed E-state index contributed by atoms with van der Waals surface area (Å²) in [5.74, 6) is 1.20. The fourth-order valence-corrected chi connectivity index (χ4v) is 2.70. The Hall–Kier alpha value is -0.521. The first-order valence-corrected chi connectivity index (χ1v) is 9.28. The molecule has 3 rings (SSSR count). The van der Waals surface area contributed by atoms with E-state index in [-0.39, 0.29) is 76.2 Å². The van der Waals surface area contributed by atoms with E-state index in [9.17, 15) is 0 Å². The van der Waals surface area contributed by atoms with Crippen molar-refractivity contribution in [3.8, 4) is 0 Å². The van der Waals surface area contributed by atoms with Crippen molar-refractivity contribution in [2.24, 2.45) is 20.8 Å². The number of rotatable bonds is 2. The first kappa shape index (κ1) is 31.7. The van der Waals surface area contributed by atoms with E-state index < -0.39 is 0 Å². The van der Waals surface area contributed by atoms with Crippen LogP contribution in [0.4, 0.5) is 0 Å². The molecule has 1 radical (unpaired) electrons. The minimum atomic E-state index is -0.258. The van der Waals surface area contributed by atoms with Crippen molar-refractivity contribution >= 4 is 11.8 Å². The van der Waals surface area contributed by atoms with Gasteiger partial charge in [0.15, 0.2) is 0 Å². The van der Waals surface area contributed by atoms with Gasteiger partial charge in [0.2, 0.25) is 11.8 Å². The molecule has 5 nitrogen and oxygen atoms in total. The van der Waals surface area contributed by atoms with E-state index in [4.69, 9.17) is 24.4 Å². The van der Waals surface area contributed by atoms with Gasteiger partial charge in [-0.15, -0.1) is 0 Å². The molecule has 30 heavy (non-hydrogen) atoms. The molecule has 171 valence electrons. The second kappa shape index (κ2) is 10.4. The summed E-state index contributed by atoms with van der Waals surface area (Å²) in [7, 11) is 0. The van der Waals surface area contributed by atoms with Crippen LogP contribution in [0.15, 0.2) is 28.2 Å². The smallest absolute Gasteiger partial charge is 1.00 e. The number of aliphatic imine (C=N–C) groups is 2. The molecule has 0 aromatic carbocycles. The zero-order valence-corrected chi connectivity index (χ0v) is 22.2. The van der Waals surface area contributed by atoms with Crippen LogP contribution in [0.5, 0.6) is 0 Å². The fraction of sp³-hybridized carbons (Fsp3) is 0.667. The summed E-state index contributed by atoms with van der Waals surface area (Å²) in [6.45, 7) is 18.5. The van der Waals surface area contributed by atoms with Crippen LogP contribution in [0.2, 0.25) is 0 Å². The van der Waals surface area contributed by atoms with Crippen LogP contribution < -0.4 is 37.2 Å². The van der Waals surface area contributed by atoms with E-state index in [1.165, 1.54) is 0 Å². The molecule has 0 saturated carbocycles. The van der Waals surface area contributed by atoms with Gasteiger partial charge in [-0.2, -0.15) is 0 Å². The first-order valence-electron chi connectivity index (χ1n) is 9.28. The van der Waals surface area contributed by atoms with Gasteiger partial charge < -0.3 is 46.7 Å². The molecule has 0 spiro atoms. The average Bonchev–Trinajstić information content (AvgIpc) is 3.12. The van der Waals surface area contributed by atoms with Gasteiger partial charge in [-0.1, -0.05) is 47.6 Å². The van der Waals surface area contributed by atoms with Gasteiger partial charge in [-0.3, -0.25) is 0 Å². The Kier molecular flexibility index (Phi) is 11.0. The normalized spacial score (nSPS) is 25.2. The van der Waals surface area contributed by atoms with E-state index in [0.717, 1.165) is 11.4 Å². The zero-order valence-electron chi connectivity index (χ0n) is 18.8. The molecule has 0 amide bonds. The fourth-order valence-electron chi connectivity index (χ4n) is 2.70.